The molecule has 0 heterocycles. The summed E-state index contributed by atoms with van der Waals surface area (Å²) in [6.45, 7) is 12.3. The topological polar surface area (TPSA) is 37.3 Å². The van der Waals surface area contributed by atoms with Gasteiger partial charge in [-0.25, -0.2) is 0 Å². The summed E-state index contributed by atoms with van der Waals surface area (Å²) in [4.78, 5) is 12.9. The van der Waals surface area contributed by atoms with E-state index in [1.165, 1.54) is 0 Å². The molecule has 0 aliphatic heterocycles. The molecule has 0 saturated carbocycles. The number of phenolic OH excluding ortho intramolecular Hbond substituents is 1. The third kappa shape index (κ3) is 4.33. The summed E-state index contributed by atoms with van der Waals surface area (Å²) in [5.74, 6) is 0.636. The maximum atomic E-state index is 12.9. The van der Waals surface area contributed by atoms with Gasteiger partial charge in [-0.3, -0.25) is 4.79 Å². The van der Waals surface area contributed by atoms with Gasteiger partial charge in [-0.2, -0.15) is 0 Å². The molecule has 1 aromatic carbocycles. The first-order chi connectivity index (χ1) is 9.72. The minimum Gasteiger partial charge on any atom is -0.508 e. The molecule has 0 unspecified atom stereocenters. The van der Waals surface area contributed by atoms with Crippen LogP contribution in [-0.2, 0) is 5.41 Å². The van der Waals surface area contributed by atoms with Crippen LogP contribution >= 0.6 is 0 Å². The van der Waals surface area contributed by atoms with Crippen molar-refractivity contribution in [2.75, 3.05) is 0 Å². The van der Waals surface area contributed by atoms with Crippen molar-refractivity contribution in [1.29, 1.82) is 0 Å². The van der Waals surface area contributed by atoms with Crippen LogP contribution in [0.4, 0.5) is 0 Å². The number of Topliss-reactive ketones (excluding diaryl/α,β-unsaturated/α-hetero) is 1. The van der Waals surface area contributed by atoms with Crippen LogP contribution < -0.4 is 0 Å². The van der Waals surface area contributed by atoms with Crippen molar-refractivity contribution in [2.45, 2.75) is 72.6 Å². The van der Waals surface area contributed by atoms with E-state index >= 15 is 0 Å². The van der Waals surface area contributed by atoms with E-state index in [9.17, 15) is 9.90 Å². The lowest BCUT2D eigenvalue weighted by atomic mass is 9.81. The third-order valence-electron chi connectivity index (χ3n) is 4.06. The van der Waals surface area contributed by atoms with Crippen LogP contribution in [0, 0.1) is 12.8 Å². The predicted molar refractivity (Wildman–Crippen MR) is 89.2 cm³/mol. The number of phenols is 1. The van der Waals surface area contributed by atoms with E-state index in [-0.39, 0.29) is 17.1 Å². The van der Waals surface area contributed by atoms with Crippen molar-refractivity contribution in [3.63, 3.8) is 0 Å². The van der Waals surface area contributed by atoms with Crippen LogP contribution in [0.5, 0.6) is 5.75 Å². The quantitative estimate of drug-likeness (QED) is 0.712. The number of carbonyl (C=O) groups excluding carboxylic acids is 1. The molecule has 2 nitrogen and oxygen atoms in total. The Balaban J connectivity index is 3.25. The summed E-state index contributed by atoms with van der Waals surface area (Å²) < 4.78 is 0. The minimum atomic E-state index is -0.169. The van der Waals surface area contributed by atoms with Gasteiger partial charge < -0.3 is 5.11 Å². The largest absolute Gasteiger partial charge is 0.508 e. The second-order valence-electron chi connectivity index (χ2n) is 7.07. The van der Waals surface area contributed by atoms with Gasteiger partial charge in [0.05, 0.1) is 0 Å². The van der Waals surface area contributed by atoms with Gasteiger partial charge in [-0.05, 0) is 48.4 Å². The van der Waals surface area contributed by atoms with Gasteiger partial charge in [0, 0.05) is 11.5 Å². The number of hydrogen-bond donors (Lipinski definition) is 1. The SMILES string of the molecule is CCCC(CCC)C(=O)c1cc(C(C)(C)C)c(O)cc1C. The van der Waals surface area contributed by atoms with Crippen molar-refractivity contribution < 1.29 is 9.90 Å². The average molecular weight is 290 g/mol. The fraction of sp³-hybridized carbons (Fsp3) is 0.632. The van der Waals surface area contributed by atoms with Crippen LogP contribution in [0.25, 0.3) is 0 Å². The average Bonchev–Trinajstić information content (AvgIpc) is 2.36. The van der Waals surface area contributed by atoms with Gasteiger partial charge in [0.2, 0.25) is 0 Å². The molecule has 0 fully saturated rings. The van der Waals surface area contributed by atoms with Crippen molar-refractivity contribution >= 4 is 5.78 Å². The molecular weight excluding hydrogens is 260 g/mol. The zero-order valence-corrected chi connectivity index (χ0v) is 14.4. The maximum Gasteiger partial charge on any atom is 0.166 e. The Labute approximate surface area is 129 Å². The van der Waals surface area contributed by atoms with E-state index in [0.717, 1.165) is 42.4 Å². The molecule has 2 heteroatoms. The molecule has 0 atom stereocenters. The number of aromatic hydroxyl groups is 1. The van der Waals surface area contributed by atoms with Crippen molar-refractivity contribution in [1.82, 2.24) is 0 Å². The van der Waals surface area contributed by atoms with Gasteiger partial charge in [-0.1, -0.05) is 47.5 Å². The van der Waals surface area contributed by atoms with E-state index in [1.54, 1.807) is 6.07 Å². The Morgan fingerprint density at radius 1 is 1.14 bits per heavy atom. The molecule has 1 N–H and O–H groups in total. The molecule has 0 amide bonds. The molecule has 0 aliphatic carbocycles. The van der Waals surface area contributed by atoms with Gasteiger partial charge in [0.15, 0.2) is 5.78 Å². The van der Waals surface area contributed by atoms with Crippen LogP contribution in [0.15, 0.2) is 12.1 Å². The van der Waals surface area contributed by atoms with Crippen molar-refractivity contribution in [3.05, 3.63) is 28.8 Å². The fourth-order valence-corrected chi connectivity index (χ4v) is 2.88. The van der Waals surface area contributed by atoms with E-state index in [1.807, 2.05) is 13.0 Å². The van der Waals surface area contributed by atoms with E-state index in [0.29, 0.717) is 5.75 Å². The fourth-order valence-electron chi connectivity index (χ4n) is 2.88. The third-order valence-corrected chi connectivity index (χ3v) is 4.06. The first kappa shape index (κ1) is 17.7. The van der Waals surface area contributed by atoms with Crippen LogP contribution in [0.3, 0.4) is 0 Å². The Bertz CT molecular complexity index is 489. The maximum absolute atomic E-state index is 12.9. The molecule has 1 aromatic rings. The Morgan fingerprint density at radius 2 is 1.67 bits per heavy atom. The molecule has 118 valence electrons. The Kier molecular flexibility index (Phi) is 6.00. The smallest absolute Gasteiger partial charge is 0.166 e. The Morgan fingerprint density at radius 3 is 2.10 bits per heavy atom. The summed E-state index contributed by atoms with van der Waals surface area (Å²) in [6.07, 6.45) is 3.94. The highest BCUT2D eigenvalue weighted by Gasteiger charge is 2.25. The lowest BCUT2D eigenvalue weighted by Crippen LogP contribution is -2.18. The summed E-state index contributed by atoms with van der Waals surface area (Å²) in [6, 6.07) is 3.65. The monoisotopic (exact) mass is 290 g/mol. The summed E-state index contributed by atoms with van der Waals surface area (Å²) >= 11 is 0. The van der Waals surface area contributed by atoms with E-state index in [4.69, 9.17) is 0 Å². The number of benzene rings is 1. The molecule has 1 rings (SSSR count). The lowest BCUT2D eigenvalue weighted by molar-refractivity contribution is 0.0904. The van der Waals surface area contributed by atoms with E-state index in [2.05, 4.69) is 34.6 Å². The zero-order chi connectivity index (χ0) is 16.2. The predicted octanol–water partition coefficient (Wildman–Crippen LogP) is 5.40. The Hall–Kier alpha value is -1.31. The number of ketones is 1. The van der Waals surface area contributed by atoms with Gasteiger partial charge in [0.25, 0.3) is 0 Å². The highest BCUT2D eigenvalue weighted by molar-refractivity contribution is 5.99. The molecular formula is C19H30O2. The van der Waals surface area contributed by atoms with Gasteiger partial charge >= 0.3 is 0 Å². The molecule has 0 bridgehead atoms. The molecule has 0 aromatic heterocycles. The summed E-state index contributed by atoms with van der Waals surface area (Å²) in [5.41, 5.74) is 2.34. The standard InChI is InChI=1S/C19H30O2/c1-7-9-14(10-8-2)18(21)15-12-16(19(4,5)6)17(20)11-13(15)3/h11-12,14,20H,7-10H2,1-6H3. The second kappa shape index (κ2) is 7.11. The van der Waals surface area contributed by atoms with Gasteiger partial charge in [-0.15, -0.1) is 0 Å². The molecule has 21 heavy (non-hydrogen) atoms. The molecule has 0 radical (unpaired) electrons. The van der Waals surface area contributed by atoms with Crippen LogP contribution in [-0.4, -0.2) is 10.9 Å². The number of aryl methyl sites for hydroxylation is 1. The van der Waals surface area contributed by atoms with Crippen LogP contribution in [0.1, 0.15) is 81.8 Å². The first-order valence-electron chi connectivity index (χ1n) is 8.10. The van der Waals surface area contributed by atoms with E-state index < -0.39 is 0 Å². The normalized spacial score (nSPS) is 12.0. The summed E-state index contributed by atoms with van der Waals surface area (Å²) in [5, 5.41) is 10.2. The first-order valence-corrected chi connectivity index (χ1v) is 8.10. The zero-order valence-electron chi connectivity index (χ0n) is 14.4. The number of rotatable bonds is 6. The van der Waals surface area contributed by atoms with Crippen LogP contribution in [0.2, 0.25) is 0 Å². The second-order valence-corrected chi connectivity index (χ2v) is 7.07. The lowest BCUT2D eigenvalue weighted by Gasteiger charge is -2.23. The minimum absolute atomic E-state index is 0.107. The number of carbonyl (C=O) groups is 1. The highest BCUT2D eigenvalue weighted by Crippen LogP contribution is 2.34. The molecule has 0 saturated heterocycles. The molecule has 0 spiro atoms. The number of hydrogen-bond acceptors (Lipinski definition) is 2. The van der Waals surface area contributed by atoms with Crippen molar-refractivity contribution in [2.24, 2.45) is 5.92 Å². The summed E-state index contributed by atoms with van der Waals surface area (Å²) in [7, 11) is 0. The van der Waals surface area contributed by atoms with Gasteiger partial charge in [0.1, 0.15) is 5.75 Å². The highest BCUT2D eigenvalue weighted by atomic mass is 16.3. The van der Waals surface area contributed by atoms with Crippen molar-refractivity contribution in [3.8, 4) is 5.75 Å². The molecule has 0 aliphatic rings.